The van der Waals surface area contributed by atoms with Gasteiger partial charge >= 0.3 is 0 Å². The minimum absolute atomic E-state index is 0.00518. The van der Waals surface area contributed by atoms with Crippen molar-refractivity contribution >= 4 is 5.91 Å². The molecule has 0 radical (unpaired) electrons. The van der Waals surface area contributed by atoms with Gasteiger partial charge < -0.3 is 10.1 Å². The topological polar surface area (TPSA) is 38.3 Å². The van der Waals surface area contributed by atoms with Crippen molar-refractivity contribution in [2.45, 2.75) is 51.9 Å². The molecule has 1 N–H and O–H groups in total. The van der Waals surface area contributed by atoms with Crippen molar-refractivity contribution in [1.29, 1.82) is 0 Å². The second-order valence-corrected chi connectivity index (χ2v) is 7.23. The normalized spacial score (nSPS) is 23.4. The van der Waals surface area contributed by atoms with Crippen LogP contribution in [0.1, 0.15) is 45.3 Å². The van der Waals surface area contributed by atoms with Crippen molar-refractivity contribution in [1.82, 2.24) is 5.32 Å². The molecule has 0 aliphatic carbocycles. The quantitative estimate of drug-likeness (QED) is 0.875. The van der Waals surface area contributed by atoms with Gasteiger partial charge in [0.05, 0.1) is 12.2 Å². The second kappa shape index (κ2) is 7.83. The molecule has 3 atom stereocenters. The van der Waals surface area contributed by atoms with Crippen LogP contribution in [0.3, 0.4) is 0 Å². The van der Waals surface area contributed by atoms with Crippen molar-refractivity contribution in [2.75, 3.05) is 0 Å². The highest BCUT2D eigenvalue weighted by atomic mass is 16.5. The molecule has 3 heteroatoms. The lowest BCUT2D eigenvalue weighted by atomic mass is 9.87. The van der Waals surface area contributed by atoms with Gasteiger partial charge in [0.2, 0.25) is 5.91 Å². The van der Waals surface area contributed by atoms with E-state index in [-0.39, 0.29) is 24.2 Å². The maximum atomic E-state index is 11.6. The second-order valence-electron chi connectivity index (χ2n) is 7.23. The predicted octanol–water partition coefficient (Wildman–Crippen LogP) is 4.73. The minimum Gasteiger partial charge on any atom is -0.370 e. The zero-order valence-corrected chi connectivity index (χ0v) is 15.2. The van der Waals surface area contributed by atoms with Crippen LogP contribution in [-0.2, 0) is 9.53 Å². The zero-order chi connectivity index (χ0) is 17.8. The summed E-state index contributed by atoms with van der Waals surface area (Å²) in [7, 11) is 0. The van der Waals surface area contributed by atoms with Crippen molar-refractivity contribution in [3.05, 3.63) is 60.2 Å². The summed E-state index contributed by atoms with van der Waals surface area (Å²) in [5.74, 6) is 0.451. The van der Waals surface area contributed by atoms with E-state index in [9.17, 15) is 4.79 Å². The largest absolute Gasteiger partial charge is 0.370 e. The third-order valence-corrected chi connectivity index (χ3v) is 4.90. The summed E-state index contributed by atoms with van der Waals surface area (Å²) in [4.78, 5) is 11.6. The highest BCUT2D eigenvalue weighted by Crippen LogP contribution is 2.38. The molecule has 132 valence electrons. The number of hydrogen-bond donors (Lipinski definition) is 1. The van der Waals surface area contributed by atoms with E-state index < -0.39 is 0 Å². The summed E-state index contributed by atoms with van der Waals surface area (Å²) in [6, 6.07) is 19.0. The van der Waals surface area contributed by atoms with E-state index in [0.29, 0.717) is 5.92 Å². The molecule has 1 saturated heterocycles. The van der Waals surface area contributed by atoms with Crippen molar-refractivity contribution in [2.24, 2.45) is 5.92 Å². The van der Waals surface area contributed by atoms with Gasteiger partial charge in [0, 0.05) is 13.0 Å². The predicted molar refractivity (Wildman–Crippen MR) is 101 cm³/mol. The Hall–Kier alpha value is -2.13. The first-order valence-electron chi connectivity index (χ1n) is 9.11. The highest BCUT2D eigenvalue weighted by Gasteiger charge is 2.33. The summed E-state index contributed by atoms with van der Waals surface area (Å²) < 4.78 is 6.46. The van der Waals surface area contributed by atoms with Crippen LogP contribution in [0.5, 0.6) is 0 Å². The number of nitrogens with one attached hydrogen (secondary N) is 1. The fourth-order valence-electron chi connectivity index (χ4n) is 3.65. The molecule has 25 heavy (non-hydrogen) atoms. The highest BCUT2D eigenvalue weighted by molar-refractivity contribution is 5.73. The Bertz CT molecular complexity index is 711. The van der Waals surface area contributed by atoms with Crippen molar-refractivity contribution in [3.63, 3.8) is 0 Å². The zero-order valence-electron chi connectivity index (χ0n) is 15.2. The van der Waals surface area contributed by atoms with Gasteiger partial charge in [-0.3, -0.25) is 4.79 Å². The summed E-state index contributed by atoms with van der Waals surface area (Å²) >= 11 is 0. The Kier molecular flexibility index (Phi) is 5.54. The molecule has 0 aromatic heterocycles. The summed E-state index contributed by atoms with van der Waals surface area (Å²) in [6.07, 6.45) is 1.84. The molecule has 0 spiro atoms. The van der Waals surface area contributed by atoms with Crippen LogP contribution in [0.15, 0.2) is 54.6 Å². The Morgan fingerprint density at radius 2 is 1.72 bits per heavy atom. The van der Waals surface area contributed by atoms with Gasteiger partial charge in [-0.1, -0.05) is 68.4 Å². The van der Waals surface area contributed by atoms with Gasteiger partial charge in [-0.25, -0.2) is 0 Å². The monoisotopic (exact) mass is 337 g/mol. The SMILES string of the molecule is CC(=O)N[C@H]1C[C@@H](C(C)C)O[C@@H](c2ccccc2-c2ccccc2)C1. The number of benzene rings is 2. The van der Waals surface area contributed by atoms with E-state index in [1.165, 1.54) is 16.7 Å². The fraction of sp³-hybridized carbons (Fsp3) is 0.409. The van der Waals surface area contributed by atoms with Gasteiger partial charge in [0.15, 0.2) is 0 Å². The number of carbonyl (C=O) groups excluding carboxylic acids is 1. The third kappa shape index (κ3) is 4.29. The Balaban J connectivity index is 1.93. The molecule has 1 aliphatic rings. The van der Waals surface area contributed by atoms with Gasteiger partial charge in [0.25, 0.3) is 0 Å². The van der Waals surface area contributed by atoms with Crippen molar-refractivity contribution in [3.8, 4) is 11.1 Å². The maximum Gasteiger partial charge on any atom is 0.217 e. The summed E-state index contributed by atoms with van der Waals surface area (Å²) in [5, 5.41) is 3.11. The standard InChI is InChI=1S/C22H27NO2/c1-15(2)21-13-18(23-16(3)24)14-22(25-21)20-12-8-7-11-19(20)17-9-5-4-6-10-17/h4-12,15,18,21-22H,13-14H2,1-3H3,(H,23,24)/t18-,21-,22+/m0/s1. The van der Waals surface area contributed by atoms with Crippen LogP contribution in [0.25, 0.3) is 11.1 Å². The molecule has 1 aliphatic heterocycles. The summed E-state index contributed by atoms with van der Waals surface area (Å²) in [6.45, 7) is 5.95. The van der Waals surface area contributed by atoms with Crippen LogP contribution >= 0.6 is 0 Å². The summed E-state index contributed by atoms with van der Waals surface area (Å²) in [5.41, 5.74) is 3.61. The molecule has 2 aromatic rings. The minimum atomic E-state index is -0.00518. The number of hydrogen-bond acceptors (Lipinski definition) is 2. The molecule has 1 fully saturated rings. The molecule has 1 amide bonds. The molecule has 0 saturated carbocycles. The van der Waals surface area contributed by atoms with Crippen LogP contribution < -0.4 is 5.32 Å². The molecule has 0 bridgehead atoms. The first-order valence-corrected chi connectivity index (χ1v) is 9.11. The maximum absolute atomic E-state index is 11.6. The fourth-order valence-corrected chi connectivity index (χ4v) is 3.65. The van der Waals surface area contributed by atoms with Gasteiger partial charge in [0.1, 0.15) is 0 Å². The Labute approximate surface area is 150 Å². The Morgan fingerprint density at radius 3 is 2.40 bits per heavy atom. The molecule has 2 aromatic carbocycles. The molecular formula is C22H27NO2. The van der Waals surface area contributed by atoms with Crippen LogP contribution in [-0.4, -0.2) is 18.1 Å². The lowest BCUT2D eigenvalue weighted by molar-refractivity contribution is -0.123. The third-order valence-electron chi connectivity index (χ3n) is 4.90. The van der Waals surface area contributed by atoms with E-state index in [4.69, 9.17) is 4.74 Å². The molecular weight excluding hydrogens is 310 g/mol. The number of carbonyl (C=O) groups is 1. The number of rotatable bonds is 4. The lowest BCUT2D eigenvalue weighted by Gasteiger charge is -2.38. The molecule has 0 unspecified atom stereocenters. The smallest absolute Gasteiger partial charge is 0.217 e. The average Bonchev–Trinajstić information content (AvgIpc) is 2.61. The lowest BCUT2D eigenvalue weighted by Crippen LogP contribution is -2.43. The van der Waals surface area contributed by atoms with Crippen LogP contribution in [0.2, 0.25) is 0 Å². The first kappa shape index (κ1) is 17.7. The van der Waals surface area contributed by atoms with Gasteiger partial charge in [-0.2, -0.15) is 0 Å². The van der Waals surface area contributed by atoms with Crippen molar-refractivity contribution < 1.29 is 9.53 Å². The number of amides is 1. The van der Waals surface area contributed by atoms with E-state index in [0.717, 1.165) is 12.8 Å². The molecule has 3 nitrogen and oxygen atoms in total. The molecule has 1 heterocycles. The Morgan fingerprint density at radius 1 is 1.04 bits per heavy atom. The van der Waals surface area contributed by atoms with E-state index in [1.54, 1.807) is 6.92 Å². The number of ether oxygens (including phenoxy) is 1. The van der Waals surface area contributed by atoms with Gasteiger partial charge in [-0.05, 0) is 35.4 Å². The van der Waals surface area contributed by atoms with E-state index >= 15 is 0 Å². The van der Waals surface area contributed by atoms with Gasteiger partial charge in [-0.15, -0.1) is 0 Å². The molecule has 3 rings (SSSR count). The van der Waals surface area contributed by atoms with Crippen LogP contribution in [0.4, 0.5) is 0 Å². The van der Waals surface area contributed by atoms with E-state index in [1.807, 2.05) is 6.07 Å². The first-order chi connectivity index (χ1) is 12.0. The average molecular weight is 337 g/mol. The van der Waals surface area contributed by atoms with E-state index in [2.05, 4.69) is 67.7 Å². The van der Waals surface area contributed by atoms with Crippen LogP contribution in [0, 0.1) is 5.92 Å².